The van der Waals surface area contributed by atoms with Crippen molar-refractivity contribution in [3.63, 3.8) is 0 Å². The van der Waals surface area contributed by atoms with Crippen molar-refractivity contribution < 1.29 is 4.79 Å². The zero-order chi connectivity index (χ0) is 23.0. The first-order valence-corrected chi connectivity index (χ1v) is 11.7. The highest BCUT2D eigenvalue weighted by molar-refractivity contribution is 6.08. The summed E-state index contributed by atoms with van der Waals surface area (Å²) in [4.78, 5) is 15.1. The number of hydrogen-bond donors (Lipinski definition) is 1. The molecule has 1 amide bonds. The Morgan fingerprint density at radius 2 is 1.76 bits per heavy atom. The molecule has 2 aliphatic rings. The van der Waals surface area contributed by atoms with Gasteiger partial charge in [0.15, 0.2) is 0 Å². The molecule has 1 saturated heterocycles. The van der Waals surface area contributed by atoms with Crippen molar-refractivity contribution in [3.05, 3.63) is 83.4 Å². The fourth-order valence-corrected chi connectivity index (χ4v) is 5.97. The van der Waals surface area contributed by atoms with Gasteiger partial charge in [0.05, 0.1) is 0 Å². The van der Waals surface area contributed by atoms with Gasteiger partial charge in [0.25, 0.3) is 0 Å². The van der Waals surface area contributed by atoms with Crippen LogP contribution in [0.4, 0.5) is 5.69 Å². The van der Waals surface area contributed by atoms with Gasteiger partial charge in [0.2, 0.25) is 5.91 Å². The monoisotopic (exact) mass is 435 g/mol. The number of hydrogen-bond acceptors (Lipinski definition) is 2. The Bertz CT molecular complexity index is 1480. The standard InChI is InChI=1S/C29H29N3O/c1-19-9-11-26-23(17-19)28(2,3)29(30-27(33)14-16-32(26)29)15-13-20-10-12-25-22(18-20)21-7-5-6-8-24(21)31(25)4/h5-13,15,17-18H,14,16H2,1-4H3,(H,30,33)/b15-13+. The number of benzene rings is 3. The van der Waals surface area contributed by atoms with E-state index in [4.69, 9.17) is 0 Å². The van der Waals surface area contributed by atoms with E-state index in [1.807, 2.05) is 0 Å². The summed E-state index contributed by atoms with van der Waals surface area (Å²) in [6.45, 7) is 7.34. The molecule has 4 nitrogen and oxygen atoms in total. The molecule has 4 aromatic rings. The predicted molar refractivity (Wildman–Crippen MR) is 137 cm³/mol. The number of para-hydroxylation sites is 1. The van der Waals surface area contributed by atoms with Crippen LogP contribution in [0, 0.1) is 6.92 Å². The summed E-state index contributed by atoms with van der Waals surface area (Å²) in [7, 11) is 2.12. The first kappa shape index (κ1) is 20.1. The van der Waals surface area contributed by atoms with Crippen molar-refractivity contribution in [2.45, 2.75) is 38.3 Å². The highest BCUT2D eigenvalue weighted by Crippen LogP contribution is 2.52. The van der Waals surface area contributed by atoms with Crippen molar-refractivity contribution in [2.24, 2.45) is 7.05 Å². The topological polar surface area (TPSA) is 37.3 Å². The molecule has 166 valence electrons. The third-order valence-electron chi connectivity index (χ3n) is 7.84. The molecule has 2 aliphatic heterocycles. The van der Waals surface area contributed by atoms with Gasteiger partial charge in [-0.1, -0.05) is 61.9 Å². The van der Waals surface area contributed by atoms with Crippen molar-refractivity contribution >= 4 is 39.5 Å². The largest absolute Gasteiger partial charge is 0.344 e. The number of nitrogens with one attached hydrogen (secondary N) is 1. The van der Waals surface area contributed by atoms with E-state index in [1.54, 1.807) is 0 Å². The van der Waals surface area contributed by atoms with Crippen molar-refractivity contribution in [3.8, 4) is 0 Å². The smallest absolute Gasteiger partial charge is 0.223 e. The van der Waals surface area contributed by atoms with E-state index in [1.165, 1.54) is 38.6 Å². The predicted octanol–water partition coefficient (Wildman–Crippen LogP) is 5.67. The van der Waals surface area contributed by atoms with E-state index in [0.717, 1.165) is 12.1 Å². The van der Waals surface area contributed by atoms with Gasteiger partial charge in [-0.3, -0.25) is 4.79 Å². The van der Waals surface area contributed by atoms with Crippen molar-refractivity contribution in [2.75, 3.05) is 11.4 Å². The molecule has 0 bridgehead atoms. The number of rotatable bonds is 2. The van der Waals surface area contributed by atoms with E-state index in [2.05, 4.69) is 115 Å². The van der Waals surface area contributed by atoms with Crippen LogP contribution in [0.15, 0.2) is 66.7 Å². The third kappa shape index (κ3) is 2.67. The molecule has 1 atom stereocenters. The normalized spacial score (nSPS) is 21.6. The van der Waals surface area contributed by atoms with E-state index >= 15 is 0 Å². The van der Waals surface area contributed by atoms with Gasteiger partial charge >= 0.3 is 0 Å². The van der Waals surface area contributed by atoms with Gasteiger partial charge in [-0.2, -0.15) is 0 Å². The molecule has 3 heterocycles. The number of carbonyl (C=O) groups excluding carboxylic acids is 1. The van der Waals surface area contributed by atoms with Gasteiger partial charge in [-0.25, -0.2) is 0 Å². The quantitative estimate of drug-likeness (QED) is 0.441. The number of nitrogens with zero attached hydrogens (tertiary/aromatic N) is 2. The molecule has 0 saturated carbocycles. The fraction of sp³-hybridized carbons (Fsp3) is 0.276. The second-order valence-electron chi connectivity index (χ2n) is 10.0. The Hall–Kier alpha value is -3.53. The maximum absolute atomic E-state index is 12.7. The molecule has 4 heteroatoms. The lowest BCUT2D eigenvalue weighted by Gasteiger charge is -2.49. The number of aromatic nitrogens is 1. The van der Waals surface area contributed by atoms with Gasteiger partial charge in [-0.15, -0.1) is 0 Å². The first-order valence-electron chi connectivity index (χ1n) is 11.7. The maximum atomic E-state index is 12.7. The Labute approximate surface area is 194 Å². The molecule has 1 fully saturated rings. The Kier molecular flexibility index (Phi) is 4.10. The van der Waals surface area contributed by atoms with Crippen LogP contribution in [0.1, 0.15) is 37.0 Å². The van der Waals surface area contributed by atoms with Gasteiger partial charge in [-0.05, 0) is 48.4 Å². The summed E-state index contributed by atoms with van der Waals surface area (Å²) in [6.07, 6.45) is 4.91. The van der Waals surface area contributed by atoms with E-state index in [9.17, 15) is 4.79 Å². The van der Waals surface area contributed by atoms with E-state index < -0.39 is 5.66 Å². The van der Waals surface area contributed by atoms with Crippen molar-refractivity contribution in [1.82, 2.24) is 9.88 Å². The summed E-state index contributed by atoms with van der Waals surface area (Å²) >= 11 is 0. The Morgan fingerprint density at radius 1 is 0.970 bits per heavy atom. The molecule has 1 N–H and O–H groups in total. The van der Waals surface area contributed by atoms with Crippen LogP contribution in [0.3, 0.4) is 0 Å². The number of anilines is 1. The summed E-state index contributed by atoms with van der Waals surface area (Å²) in [5, 5.41) is 5.90. The minimum Gasteiger partial charge on any atom is -0.344 e. The average molecular weight is 436 g/mol. The zero-order valence-electron chi connectivity index (χ0n) is 19.6. The minimum atomic E-state index is -0.591. The second kappa shape index (κ2) is 6.74. The lowest BCUT2D eigenvalue weighted by atomic mass is 9.74. The molecule has 0 spiro atoms. The average Bonchev–Trinajstić information content (AvgIpc) is 3.19. The van der Waals surface area contributed by atoms with Crippen LogP contribution in [0.5, 0.6) is 0 Å². The van der Waals surface area contributed by atoms with Crippen LogP contribution in [0.25, 0.3) is 27.9 Å². The summed E-state index contributed by atoms with van der Waals surface area (Å²) in [6, 6.07) is 21.8. The SMILES string of the molecule is Cc1ccc2c(c1)C(C)(C)C1(/C=C/c3ccc4c(c3)c3ccccc3n4C)NC(=O)CCN21. The third-order valence-corrected chi connectivity index (χ3v) is 7.84. The van der Waals surface area contributed by atoms with Crippen LogP contribution >= 0.6 is 0 Å². The van der Waals surface area contributed by atoms with Crippen LogP contribution < -0.4 is 10.2 Å². The molecule has 0 aliphatic carbocycles. The fourth-order valence-electron chi connectivity index (χ4n) is 5.97. The summed E-state index contributed by atoms with van der Waals surface area (Å²) in [5.74, 6) is 0.109. The summed E-state index contributed by atoms with van der Waals surface area (Å²) in [5.41, 5.74) is 6.49. The van der Waals surface area contributed by atoms with E-state index in [-0.39, 0.29) is 11.3 Å². The van der Waals surface area contributed by atoms with Gasteiger partial charge in [0, 0.05) is 52.9 Å². The highest BCUT2D eigenvalue weighted by Gasteiger charge is 2.57. The van der Waals surface area contributed by atoms with E-state index in [0.29, 0.717) is 6.42 Å². The molecular formula is C29H29N3O. The zero-order valence-corrected chi connectivity index (χ0v) is 19.6. The number of aryl methyl sites for hydroxylation is 2. The van der Waals surface area contributed by atoms with Crippen LogP contribution in [-0.4, -0.2) is 22.7 Å². The second-order valence-corrected chi connectivity index (χ2v) is 10.0. The lowest BCUT2D eigenvalue weighted by molar-refractivity contribution is -0.124. The first-order chi connectivity index (χ1) is 15.8. The van der Waals surface area contributed by atoms with Gasteiger partial charge in [0.1, 0.15) is 5.66 Å². The molecule has 0 radical (unpaired) electrons. The number of carbonyl (C=O) groups is 1. The highest BCUT2D eigenvalue weighted by atomic mass is 16.2. The van der Waals surface area contributed by atoms with Crippen LogP contribution in [0.2, 0.25) is 0 Å². The molecule has 1 aromatic heterocycles. The molecule has 1 unspecified atom stereocenters. The Balaban J connectivity index is 1.49. The molecular weight excluding hydrogens is 406 g/mol. The molecule has 3 aromatic carbocycles. The number of fused-ring (bicyclic) bond motifs is 6. The molecule has 33 heavy (non-hydrogen) atoms. The Morgan fingerprint density at radius 3 is 2.61 bits per heavy atom. The summed E-state index contributed by atoms with van der Waals surface area (Å²) < 4.78 is 2.25. The minimum absolute atomic E-state index is 0.109. The maximum Gasteiger partial charge on any atom is 0.223 e. The van der Waals surface area contributed by atoms with Crippen molar-refractivity contribution in [1.29, 1.82) is 0 Å². The molecule has 6 rings (SSSR count). The van der Waals surface area contributed by atoms with Gasteiger partial charge < -0.3 is 14.8 Å². The van der Waals surface area contributed by atoms with Crippen LogP contribution in [-0.2, 0) is 17.3 Å². The number of amides is 1. The lowest BCUT2D eigenvalue weighted by Crippen LogP contribution is -2.68.